The standard InChI is InChI=1S/C19H24N2O/c1-14-5-7-15(8-6-14)13-22-21-18(20)16-9-11-17(12-10-16)19(2,3)4/h5-12H,13H2,1-4H3,(H2,20,21). The Morgan fingerprint density at radius 1 is 1.00 bits per heavy atom. The van der Waals surface area contributed by atoms with Crippen molar-refractivity contribution in [3.63, 3.8) is 0 Å². The van der Waals surface area contributed by atoms with Crippen molar-refractivity contribution < 1.29 is 4.84 Å². The van der Waals surface area contributed by atoms with E-state index in [4.69, 9.17) is 10.6 Å². The number of aryl methyl sites for hydroxylation is 1. The van der Waals surface area contributed by atoms with Gasteiger partial charge in [-0.15, -0.1) is 0 Å². The summed E-state index contributed by atoms with van der Waals surface area (Å²) in [5, 5.41) is 4.00. The van der Waals surface area contributed by atoms with Crippen LogP contribution in [0.3, 0.4) is 0 Å². The minimum absolute atomic E-state index is 0.131. The molecule has 3 heteroatoms. The van der Waals surface area contributed by atoms with E-state index in [1.807, 2.05) is 24.3 Å². The van der Waals surface area contributed by atoms with Crippen molar-refractivity contribution in [2.75, 3.05) is 0 Å². The van der Waals surface area contributed by atoms with Crippen molar-refractivity contribution in [1.29, 1.82) is 0 Å². The zero-order valence-corrected chi connectivity index (χ0v) is 13.8. The molecule has 2 aromatic carbocycles. The Labute approximate surface area is 132 Å². The van der Waals surface area contributed by atoms with Crippen LogP contribution in [0, 0.1) is 6.92 Å². The first-order chi connectivity index (χ1) is 10.4. The van der Waals surface area contributed by atoms with Gasteiger partial charge in [-0.25, -0.2) is 0 Å². The highest BCUT2D eigenvalue weighted by atomic mass is 16.6. The maximum absolute atomic E-state index is 5.97. The molecule has 2 N–H and O–H groups in total. The fraction of sp³-hybridized carbons (Fsp3) is 0.316. The van der Waals surface area contributed by atoms with Crippen molar-refractivity contribution in [3.8, 4) is 0 Å². The fourth-order valence-electron chi connectivity index (χ4n) is 2.05. The molecule has 0 amide bonds. The lowest BCUT2D eigenvalue weighted by Crippen LogP contribution is -2.15. The van der Waals surface area contributed by atoms with Crippen molar-refractivity contribution >= 4 is 5.84 Å². The van der Waals surface area contributed by atoms with Crippen LogP contribution in [-0.2, 0) is 16.9 Å². The Bertz CT molecular complexity index is 635. The molecule has 0 heterocycles. The first-order valence-electron chi connectivity index (χ1n) is 7.48. The van der Waals surface area contributed by atoms with Crippen molar-refractivity contribution in [2.45, 2.75) is 39.7 Å². The molecule has 0 aliphatic carbocycles. The van der Waals surface area contributed by atoms with Gasteiger partial charge in [-0.1, -0.05) is 80.0 Å². The summed E-state index contributed by atoms with van der Waals surface area (Å²) >= 11 is 0. The number of benzene rings is 2. The van der Waals surface area contributed by atoms with Crippen LogP contribution in [-0.4, -0.2) is 5.84 Å². The Morgan fingerprint density at radius 3 is 2.14 bits per heavy atom. The van der Waals surface area contributed by atoms with Crippen LogP contribution < -0.4 is 5.73 Å². The molecule has 0 bridgehead atoms. The van der Waals surface area contributed by atoms with E-state index >= 15 is 0 Å². The lowest BCUT2D eigenvalue weighted by Gasteiger charge is -2.19. The van der Waals surface area contributed by atoms with Crippen molar-refractivity contribution in [1.82, 2.24) is 0 Å². The summed E-state index contributed by atoms with van der Waals surface area (Å²) in [6, 6.07) is 16.3. The van der Waals surface area contributed by atoms with E-state index in [2.05, 4.69) is 57.1 Å². The zero-order chi connectivity index (χ0) is 16.2. The number of hydrogen-bond acceptors (Lipinski definition) is 2. The number of rotatable bonds is 4. The minimum Gasteiger partial charge on any atom is -0.389 e. The van der Waals surface area contributed by atoms with Crippen LogP contribution >= 0.6 is 0 Å². The summed E-state index contributed by atoms with van der Waals surface area (Å²) in [6.45, 7) is 9.03. The summed E-state index contributed by atoms with van der Waals surface area (Å²) in [5.41, 5.74) is 10.5. The number of nitrogens with zero attached hydrogens (tertiary/aromatic N) is 1. The Morgan fingerprint density at radius 2 is 1.59 bits per heavy atom. The third kappa shape index (κ3) is 4.35. The number of oxime groups is 1. The summed E-state index contributed by atoms with van der Waals surface area (Å²) in [4.78, 5) is 5.34. The lowest BCUT2D eigenvalue weighted by atomic mass is 9.87. The third-order valence-electron chi connectivity index (χ3n) is 3.56. The monoisotopic (exact) mass is 296 g/mol. The fourth-order valence-corrected chi connectivity index (χ4v) is 2.05. The average Bonchev–Trinajstić information content (AvgIpc) is 2.48. The molecule has 0 unspecified atom stereocenters. The van der Waals surface area contributed by atoms with Gasteiger partial charge in [-0.05, 0) is 23.5 Å². The van der Waals surface area contributed by atoms with Gasteiger partial charge in [0.2, 0.25) is 0 Å². The molecule has 0 radical (unpaired) electrons. The van der Waals surface area contributed by atoms with Gasteiger partial charge in [-0.3, -0.25) is 0 Å². The smallest absolute Gasteiger partial charge is 0.170 e. The van der Waals surface area contributed by atoms with Crippen LogP contribution in [0.1, 0.15) is 43.0 Å². The highest BCUT2D eigenvalue weighted by Crippen LogP contribution is 2.22. The average molecular weight is 296 g/mol. The molecule has 0 aliphatic heterocycles. The lowest BCUT2D eigenvalue weighted by molar-refractivity contribution is 0.130. The molecule has 116 valence electrons. The van der Waals surface area contributed by atoms with E-state index in [1.165, 1.54) is 11.1 Å². The van der Waals surface area contributed by atoms with Crippen molar-refractivity contribution in [2.24, 2.45) is 10.9 Å². The predicted octanol–water partition coefficient (Wildman–Crippen LogP) is 4.13. The maximum Gasteiger partial charge on any atom is 0.170 e. The molecular formula is C19H24N2O. The van der Waals surface area contributed by atoms with E-state index < -0.39 is 0 Å². The quantitative estimate of drug-likeness (QED) is 0.524. The Kier molecular flexibility index (Phi) is 4.86. The van der Waals surface area contributed by atoms with Gasteiger partial charge in [0.25, 0.3) is 0 Å². The van der Waals surface area contributed by atoms with Crippen LogP contribution in [0.15, 0.2) is 53.7 Å². The molecule has 2 aromatic rings. The topological polar surface area (TPSA) is 47.6 Å². The van der Waals surface area contributed by atoms with E-state index in [0.717, 1.165) is 11.1 Å². The SMILES string of the molecule is Cc1ccc(CO/N=C(\N)c2ccc(C(C)(C)C)cc2)cc1. The second-order valence-electron chi connectivity index (χ2n) is 6.56. The van der Waals surface area contributed by atoms with Gasteiger partial charge in [0, 0.05) is 5.56 Å². The first-order valence-corrected chi connectivity index (χ1v) is 7.48. The largest absolute Gasteiger partial charge is 0.389 e. The van der Waals surface area contributed by atoms with E-state index in [0.29, 0.717) is 12.4 Å². The van der Waals surface area contributed by atoms with Gasteiger partial charge < -0.3 is 10.6 Å². The van der Waals surface area contributed by atoms with E-state index in [9.17, 15) is 0 Å². The van der Waals surface area contributed by atoms with Gasteiger partial charge in [0.1, 0.15) is 6.61 Å². The number of nitrogens with two attached hydrogens (primary N) is 1. The second-order valence-corrected chi connectivity index (χ2v) is 6.56. The van der Waals surface area contributed by atoms with Crippen LogP contribution in [0.5, 0.6) is 0 Å². The number of hydrogen-bond donors (Lipinski definition) is 1. The molecule has 0 fully saturated rings. The third-order valence-corrected chi connectivity index (χ3v) is 3.56. The highest BCUT2D eigenvalue weighted by molar-refractivity contribution is 5.97. The molecule has 0 spiro atoms. The van der Waals surface area contributed by atoms with Crippen molar-refractivity contribution in [3.05, 3.63) is 70.8 Å². The Hall–Kier alpha value is -2.29. The van der Waals surface area contributed by atoms with Gasteiger partial charge >= 0.3 is 0 Å². The summed E-state index contributed by atoms with van der Waals surface area (Å²) < 4.78 is 0. The molecule has 22 heavy (non-hydrogen) atoms. The normalized spacial score (nSPS) is 12.3. The van der Waals surface area contributed by atoms with Crippen LogP contribution in [0.2, 0.25) is 0 Å². The van der Waals surface area contributed by atoms with Gasteiger partial charge in [0.05, 0.1) is 0 Å². The first kappa shape index (κ1) is 16.1. The molecule has 0 aliphatic rings. The van der Waals surface area contributed by atoms with Crippen LogP contribution in [0.25, 0.3) is 0 Å². The van der Waals surface area contributed by atoms with E-state index in [-0.39, 0.29) is 5.41 Å². The molecule has 2 rings (SSSR count). The minimum atomic E-state index is 0.131. The van der Waals surface area contributed by atoms with E-state index in [1.54, 1.807) is 0 Å². The Balaban J connectivity index is 1.98. The molecule has 3 nitrogen and oxygen atoms in total. The summed E-state index contributed by atoms with van der Waals surface area (Å²) in [6.07, 6.45) is 0. The van der Waals surface area contributed by atoms with Gasteiger partial charge in [0.15, 0.2) is 5.84 Å². The van der Waals surface area contributed by atoms with Crippen LogP contribution in [0.4, 0.5) is 0 Å². The molecule has 0 atom stereocenters. The van der Waals surface area contributed by atoms with Gasteiger partial charge in [-0.2, -0.15) is 0 Å². The summed E-state index contributed by atoms with van der Waals surface area (Å²) in [7, 11) is 0. The molecule has 0 aromatic heterocycles. The number of amidine groups is 1. The maximum atomic E-state index is 5.97. The molecular weight excluding hydrogens is 272 g/mol. The molecule has 0 saturated carbocycles. The second kappa shape index (κ2) is 6.65. The predicted molar refractivity (Wildman–Crippen MR) is 91.8 cm³/mol. The zero-order valence-electron chi connectivity index (χ0n) is 13.8. The summed E-state index contributed by atoms with van der Waals surface area (Å²) in [5.74, 6) is 0.396. The highest BCUT2D eigenvalue weighted by Gasteiger charge is 2.13. The molecule has 0 saturated heterocycles.